The van der Waals surface area contributed by atoms with Gasteiger partial charge in [-0.1, -0.05) is 6.07 Å². The lowest BCUT2D eigenvalue weighted by atomic mass is 9.85. The van der Waals surface area contributed by atoms with Gasteiger partial charge >= 0.3 is 0 Å². The van der Waals surface area contributed by atoms with Crippen LogP contribution in [0.2, 0.25) is 0 Å². The first-order chi connectivity index (χ1) is 18.7. The van der Waals surface area contributed by atoms with Crippen LogP contribution in [0, 0.1) is 17.0 Å². The lowest BCUT2D eigenvalue weighted by Crippen LogP contribution is -2.44. The Kier molecular flexibility index (Phi) is 7.37. The Hall–Kier alpha value is -3.83. The molecule has 5 rings (SSSR count). The Labute approximate surface area is 225 Å². The molecule has 39 heavy (non-hydrogen) atoms. The average molecular weight is 539 g/mol. The molecule has 0 saturated carbocycles. The summed E-state index contributed by atoms with van der Waals surface area (Å²) in [7, 11) is 1.87. The Morgan fingerprint density at radius 3 is 2.41 bits per heavy atom. The van der Waals surface area contributed by atoms with Gasteiger partial charge in [-0.3, -0.25) is 9.59 Å². The number of carbonyl (C=O) groups excluding carboxylic acids is 1. The van der Waals surface area contributed by atoms with Crippen LogP contribution in [0.15, 0.2) is 47.3 Å². The average Bonchev–Trinajstić information content (AvgIpc) is 3.33. The zero-order valence-electron chi connectivity index (χ0n) is 22.2. The molecular formula is C28H32F2N6O3. The van der Waals surface area contributed by atoms with Crippen molar-refractivity contribution in [3.05, 3.63) is 75.7 Å². The third kappa shape index (κ3) is 5.24. The van der Waals surface area contributed by atoms with Crippen molar-refractivity contribution < 1.29 is 18.3 Å². The number of para-hydroxylation sites is 1. The van der Waals surface area contributed by atoms with Gasteiger partial charge in [0.1, 0.15) is 11.4 Å². The first kappa shape index (κ1) is 26.8. The fraction of sp³-hybridized carbons (Fsp3) is 0.393. The molecule has 0 atom stereocenters. The van der Waals surface area contributed by atoms with Crippen molar-refractivity contribution in [1.29, 1.82) is 0 Å². The van der Waals surface area contributed by atoms with E-state index in [4.69, 9.17) is 4.74 Å². The third-order valence-electron chi connectivity index (χ3n) is 7.08. The van der Waals surface area contributed by atoms with Gasteiger partial charge in [-0.05, 0) is 57.6 Å². The van der Waals surface area contributed by atoms with Gasteiger partial charge in [-0.25, -0.2) is 8.78 Å². The van der Waals surface area contributed by atoms with E-state index < -0.39 is 28.8 Å². The molecule has 0 radical (unpaired) electrons. The predicted molar refractivity (Wildman–Crippen MR) is 146 cm³/mol. The molecule has 2 aliphatic rings. The maximum atomic E-state index is 14.4. The number of carbonyl (C=O) groups is 1. The number of hydrogen-bond donors (Lipinski definition) is 3. The number of benzene rings is 2. The number of nitrogens with one attached hydrogen (secondary N) is 3. The van der Waals surface area contributed by atoms with E-state index in [0.717, 1.165) is 54.6 Å². The number of ether oxygens (including phenoxy) is 1. The largest absolute Gasteiger partial charge is 0.383 e. The van der Waals surface area contributed by atoms with Crippen LogP contribution in [0.5, 0.6) is 0 Å². The van der Waals surface area contributed by atoms with Crippen LogP contribution in [0.1, 0.15) is 36.3 Å². The van der Waals surface area contributed by atoms with E-state index in [0.29, 0.717) is 30.1 Å². The van der Waals surface area contributed by atoms with Crippen LogP contribution in [0.4, 0.5) is 25.8 Å². The highest BCUT2D eigenvalue weighted by Crippen LogP contribution is 2.44. The zero-order chi connectivity index (χ0) is 27.7. The summed E-state index contributed by atoms with van der Waals surface area (Å²) in [5.41, 5.74) is 1.99. The summed E-state index contributed by atoms with van der Waals surface area (Å²) in [6.07, 6.45) is 0.988. The summed E-state index contributed by atoms with van der Waals surface area (Å²) in [6.45, 7) is 7.73. The second kappa shape index (κ2) is 10.7. The molecule has 3 aromatic rings. The SMILES string of the molecule is CNCc1c(NC(C)C)ccc(NC(=O)c2ccc(=O)n(-c3c(F)cccc3F)n2)c1N1CCC2(COC2)C1. The van der Waals surface area contributed by atoms with Gasteiger partial charge in [-0.2, -0.15) is 9.78 Å². The second-order valence-corrected chi connectivity index (χ2v) is 10.5. The Balaban J connectivity index is 1.53. The van der Waals surface area contributed by atoms with Crippen molar-refractivity contribution in [3.63, 3.8) is 0 Å². The van der Waals surface area contributed by atoms with Crippen molar-refractivity contribution in [3.8, 4) is 5.69 Å². The van der Waals surface area contributed by atoms with Crippen LogP contribution in [-0.4, -0.2) is 55.1 Å². The highest BCUT2D eigenvalue weighted by Gasteiger charge is 2.45. The molecule has 1 spiro atoms. The Morgan fingerprint density at radius 1 is 1.08 bits per heavy atom. The number of anilines is 3. The molecule has 1 aromatic heterocycles. The van der Waals surface area contributed by atoms with Gasteiger partial charge in [0.15, 0.2) is 11.6 Å². The molecular weight excluding hydrogens is 506 g/mol. The number of halogens is 2. The van der Waals surface area contributed by atoms with Gasteiger partial charge in [0.05, 0.1) is 24.6 Å². The monoisotopic (exact) mass is 538 g/mol. The molecule has 2 aromatic carbocycles. The quantitative estimate of drug-likeness (QED) is 0.404. The highest BCUT2D eigenvalue weighted by molar-refractivity contribution is 6.05. The van der Waals surface area contributed by atoms with Crippen molar-refractivity contribution in [1.82, 2.24) is 15.1 Å². The van der Waals surface area contributed by atoms with E-state index in [-0.39, 0.29) is 17.2 Å². The second-order valence-electron chi connectivity index (χ2n) is 10.5. The summed E-state index contributed by atoms with van der Waals surface area (Å²) in [6, 6.07) is 9.51. The van der Waals surface area contributed by atoms with Crippen LogP contribution < -0.4 is 26.4 Å². The maximum Gasteiger partial charge on any atom is 0.276 e. The van der Waals surface area contributed by atoms with E-state index in [1.807, 2.05) is 19.2 Å². The lowest BCUT2D eigenvalue weighted by molar-refractivity contribution is -0.0985. The van der Waals surface area contributed by atoms with Gasteiger partial charge in [-0.15, -0.1) is 0 Å². The standard InChI is InChI=1S/C28H32F2N6O3/c1-17(2)32-21-7-8-22(25(18(21)13-31-3)35-12-11-28(14-35)15-39-16-28)33-27(38)23-9-10-24(37)36(34-23)26-19(29)5-4-6-20(26)30/h4-10,17,31-32H,11-16H2,1-3H3,(H,33,38). The fourth-order valence-electron chi connectivity index (χ4n) is 5.22. The smallest absolute Gasteiger partial charge is 0.276 e. The van der Waals surface area contributed by atoms with Crippen molar-refractivity contribution in [2.24, 2.45) is 5.41 Å². The van der Waals surface area contributed by atoms with E-state index in [2.05, 4.69) is 39.8 Å². The highest BCUT2D eigenvalue weighted by atomic mass is 19.1. The number of amides is 1. The third-order valence-corrected chi connectivity index (χ3v) is 7.08. The number of nitrogens with zero attached hydrogens (tertiary/aromatic N) is 3. The van der Waals surface area contributed by atoms with Crippen LogP contribution in [0.25, 0.3) is 5.69 Å². The van der Waals surface area contributed by atoms with E-state index in [9.17, 15) is 18.4 Å². The minimum atomic E-state index is -0.961. The van der Waals surface area contributed by atoms with Crippen LogP contribution in [0.3, 0.4) is 0 Å². The molecule has 3 heterocycles. The molecule has 0 bridgehead atoms. The molecule has 0 aliphatic carbocycles. The van der Waals surface area contributed by atoms with Gasteiger partial charge in [0, 0.05) is 48.4 Å². The van der Waals surface area contributed by atoms with Gasteiger partial charge in [0.2, 0.25) is 0 Å². The molecule has 2 aliphatic heterocycles. The molecule has 0 unspecified atom stereocenters. The van der Waals surface area contributed by atoms with Gasteiger partial charge < -0.3 is 25.6 Å². The number of aromatic nitrogens is 2. The van der Waals surface area contributed by atoms with Crippen molar-refractivity contribution >= 4 is 23.0 Å². The van der Waals surface area contributed by atoms with Crippen LogP contribution in [-0.2, 0) is 11.3 Å². The molecule has 11 heteroatoms. The van der Waals surface area contributed by atoms with E-state index >= 15 is 0 Å². The molecule has 206 valence electrons. The molecule has 3 N–H and O–H groups in total. The van der Waals surface area contributed by atoms with Crippen molar-refractivity contribution in [2.45, 2.75) is 32.9 Å². The lowest BCUT2D eigenvalue weighted by Gasteiger charge is -2.38. The minimum Gasteiger partial charge on any atom is -0.383 e. The summed E-state index contributed by atoms with van der Waals surface area (Å²) in [4.78, 5) is 28.1. The maximum absolute atomic E-state index is 14.4. The number of hydrogen-bond acceptors (Lipinski definition) is 7. The molecule has 2 fully saturated rings. The van der Waals surface area contributed by atoms with E-state index in [1.165, 1.54) is 12.1 Å². The predicted octanol–water partition coefficient (Wildman–Crippen LogP) is 3.53. The van der Waals surface area contributed by atoms with Crippen molar-refractivity contribution in [2.75, 3.05) is 48.9 Å². The number of rotatable bonds is 8. The summed E-state index contributed by atoms with van der Waals surface area (Å²) < 4.78 is 34.9. The molecule has 9 nitrogen and oxygen atoms in total. The van der Waals surface area contributed by atoms with Gasteiger partial charge in [0.25, 0.3) is 11.5 Å². The first-order valence-electron chi connectivity index (χ1n) is 13.0. The molecule has 2 saturated heterocycles. The molecule has 1 amide bonds. The fourth-order valence-corrected chi connectivity index (χ4v) is 5.22. The summed E-state index contributed by atoms with van der Waals surface area (Å²) >= 11 is 0. The Morgan fingerprint density at radius 2 is 1.79 bits per heavy atom. The van der Waals surface area contributed by atoms with Crippen LogP contribution >= 0.6 is 0 Å². The zero-order valence-corrected chi connectivity index (χ0v) is 22.2. The first-order valence-corrected chi connectivity index (χ1v) is 13.0. The normalized spacial score (nSPS) is 16.0. The Bertz CT molecular complexity index is 1430. The minimum absolute atomic E-state index is 0.112. The topological polar surface area (TPSA) is 101 Å². The summed E-state index contributed by atoms with van der Waals surface area (Å²) in [5, 5.41) is 13.7. The summed E-state index contributed by atoms with van der Waals surface area (Å²) in [5.74, 6) is -2.53. The van der Waals surface area contributed by atoms with E-state index in [1.54, 1.807) is 0 Å².